The third kappa shape index (κ3) is 21.1. The molecule has 4 aliphatic rings. The van der Waals surface area contributed by atoms with E-state index in [0.717, 1.165) is 151 Å². The number of H-pyrrole nitrogens is 4. The van der Waals surface area contributed by atoms with Crippen LogP contribution >= 0.6 is 0 Å². The van der Waals surface area contributed by atoms with Crippen LogP contribution in [0.25, 0.3) is 160 Å². The van der Waals surface area contributed by atoms with Gasteiger partial charge >= 0.3 is 0 Å². The van der Waals surface area contributed by atoms with Gasteiger partial charge in [-0.05, 0) is 280 Å². The second kappa shape index (κ2) is 35.9. The van der Waals surface area contributed by atoms with E-state index in [1.165, 1.54) is 66.8 Å². The fourth-order valence-electron chi connectivity index (χ4n) is 19.4. The first-order chi connectivity index (χ1) is 66.3. The standard InChI is InChI=1S/C135H151N8/c1-124(2,3)88-62-82(63-89(74-88)125(4,5)6)118-106-50-46-102(136-106)100(103-47-51-107(137-103)119(83-64-90(126(7,8)9)75-91(65-83)127(10,11)12)111-55-59-115(141-111)122(114-58-54-110(118)140-114)86-70-96(132(25,26)27)78-97(71-86)133(28,29)30)44-42-81(80-40-38-37-39-41-80)43-45-101-104-48-52-108(138-104)120(84-66-92(128(13,14)15)76-93(67-84)129(16,17)18)112-56-60-116(142-112)123(87-72-98(134(31,32)33)79-99(73-87)135(34,35)36)117-61-57-113(143-117)121(109-53-49-105(101)139-109)85-68-94(130(19,20)21)77-95(69-85)131(22,23)24/h37-41,46-79,136,138,141,143H,1-36H3/q+1. The summed E-state index contributed by atoms with van der Waals surface area (Å²) in [6, 6.07) is 71.6. The number of aromatic nitrogens is 8. The minimum atomic E-state index is -0.198. The van der Waals surface area contributed by atoms with Gasteiger partial charge in [-0.1, -0.05) is 358 Å². The van der Waals surface area contributed by atoms with Gasteiger partial charge in [-0.15, -0.1) is 0 Å². The zero-order valence-electron chi connectivity index (χ0n) is 92.3. The summed E-state index contributed by atoms with van der Waals surface area (Å²) >= 11 is 0. The van der Waals surface area contributed by atoms with Crippen LogP contribution in [-0.4, -0.2) is 39.9 Å². The normalized spacial score (nSPS) is 13.5. The molecule has 0 saturated heterocycles. The zero-order valence-corrected chi connectivity index (χ0v) is 92.3. The molecule has 4 N–H and O–H groups in total. The van der Waals surface area contributed by atoms with Crippen LogP contribution < -0.4 is 0 Å². The summed E-state index contributed by atoms with van der Waals surface area (Å²) in [6.45, 7) is 83.5. The van der Waals surface area contributed by atoms with Crippen LogP contribution in [0.3, 0.4) is 0 Å². The van der Waals surface area contributed by atoms with Crippen LogP contribution in [0, 0.1) is 29.6 Å². The lowest BCUT2D eigenvalue weighted by atomic mass is 9.78. The molecule has 0 spiro atoms. The average Bonchev–Trinajstić information content (AvgIpc) is 1.58. The predicted molar refractivity (Wildman–Crippen MR) is 617 cm³/mol. The third-order valence-electron chi connectivity index (χ3n) is 28.9. The first kappa shape index (κ1) is 101. The van der Waals surface area contributed by atoms with Gasteiger partial charge in [-0.3, -0.25) is 0 Å². The molecule has 13 aromatic rings. The van der Waals surface area contributed by atoms with Crippen molar-refractivity contribution >= 4 is 92.7 Å². The number of fused-ring (bicyclic) bond motifs is 16. The smallest absolute Gasteiger partial charge is 0.163 e. The van der Waals surface area contributed by atoms with E-state index in [0.29, 0.717) is 28.4 Å². The van der Waals surface area contributed by atoms with Crippen molar-refractivity contribution in [2.75, 3.05) is 0 Å². The van der Waals surface area contributed by atoms with E-state index in [1.54, 1.807) is 0 Å². The maximum Gasteiger partial charge on any atom is 0.163 e. The lowest BCUT2D eigenvalue weighted by Crippen LogP contribution is -2.16. The van der Waals surface area contributed by atoms with Crippen LogP contribution in [0.1, 0.15) is 378 Å². The predicted octanol–water partition coefficient (Wildman–Crippen LogP) is 36.2. The van der Waals surface area contributed by atoms with Crippen LogP contribution in [0.4, 0.5) is 0 Å². The molecule has 10 heterocycles. The van der Waals surface area contributed by atoms with E-state index >= 15 is 0 Å². The van der Waals surface area contributed by atoms with Crippen LogP contribution in [0.5, 0.6) is 0 Å². The van der Waals surface area contributed by atoms with Gasteiger partial charge in [0.1, 0.15) is 11.1 Å². The Bertz CT molecular complexity index is 7170. The monoisotopic (exact) mass is 1880 g/mol. The van der Waals surface area contributed by atoms with E-state index in [1.807, 2.05) is 0 Å². The highest BCUT2D eigenvalue weighted by Crippen LogP contribution is 2.49. The molecule has 6 aromatic heterocycles. The Hall–Kier alpha value is -13.3. The van der Waals surface area contributed by atoms with Crippen molar-refractivity contribution in [3.05, 3.63) is 323 Å². The fraction of sp³-hybridized carbons (Fsp3) is 0.356. The van der Waals surface area contributed by atoms with Crippen LogP contribution in [0.15, 0.2) is 188 Å². The molecule has 0 unspecified atom stereocenters. The number of benzene rings is 7. The number of hydrogen-bond donors (Lipinski definition) is 4. The molecule has 0 saturated carbocycles. The Kier molecular flexibility index (Phi) is 25.4. The Morgan fingerprint density at radius 1 is 0.182 bits per heavy atom. The van der Waals surface area contributed by atoms with Crippen molar-refractivity contribution in [2.24, 2.45) is 0 Å². The zero-order chi connectivity index (χ0) is 103. The maximum atomic E-state index is 5.99. The summed E-state index contributed by atoms with van der Waals surface area (Å²) in [5.74, 6) is 16.2. The Balaban J connectivity index is 1.00. The molecule has 0 fully saturated rings. The van der Waals surface area contributed by atoms with Gasteiger partial charge in [-0.2, -0.15) is 0 Å². The highest BCUT2D eigenvalue weighted by atomic mass is 14.8. The van der Waals surface area contributed by atoms with Crippen LogP contribution in [-0.2, 0) is 65.0 Å². The molecule has 143 heavy (non-hydrogen) atoms. The van der Waals surface area contributed by atoms with Gasteiger partial charge < -0.3 is 19.9 Å². The maximum absolute atomic E-state index is 5.99. The highest BCUT2D eigenvalue weighted by Gasteiger charge is 2.34. The number of aromatic amines is 4. The van der Waals surface area contributed by atoms with E-state index in [9.17, 15) is 0 Å². The molecule has 0 aliphatic carbocycles. The largest absolute Gasteiger partial charge is 0.354 e. The SMILES string of the molecule is CC(C)(C)c1cc(-c2c3nc(c(-c4cc(C(C)(C)C)cc(C(C)(C)C)c4)c4ccc([nH]4)c(-c4cc(C(C)(C)C)cc(C(C)(C)C)c4)c4nc(c(C#C[C+](C#Cc5c6nc(c(-c7cc(C(C)(C)C)cc(C(C)(C)C)c7)c7ccc([nH]7)c(-c7cc(C(C)(C)C)cc(C(C)(C)C)c7)c7nc(c(-c8cc(C(C)(C)C)cc(C(C)(C)C)c8)c8ccc5[nH]8)C=C7)C=C6)c5ccccc5)c5ccc2[nH]5)C=C4)C=C3)cc(C(C)(C)C)c1. The summed E-state index contributed by atoms with van der Waals surface area (Å²) in [5.41, 5.74) is 40.8. The summed E-state index contributed by atoms with van der Waals surface area (Å²) in [7, 11) is 0. The van der Waals surface area contributed by atoms with Crippen molar-refractivity contribution in [1.82, 2.24) is 39.9 Å². The van der Waals surface area contributed by atoms with Gasteiger partial charge in [0.2, 0.25) is 0 Å². The molecule has 0 radical (unpaired) electrons. The molecule has 16 bridgehead atoms. The summed E-state index contributed by atoms with van der Waals surface area (Å²) in [4.78, 5) is 40.5. The quantitative estimate of drug-likeness (QED) is 0.0940. The molecular formula is C135H151N8+. The molecule has 8 heteroatoms. The minimum absolute atomic E-state index is 0.167. The topological polar surface area (TPSA) is 115 Å². The van der Waals surface area contributed by atoms with Crippen molar-refractivity contribution in [3.8, 4) is 90.4 Å². The second-order valence-electron chi connectivity index (χ2n) is 53.0. The van der Waals surface area contributed by atoms with Crippen molar-refractivity contribution in [3.63, 3.8) is 0 Å². The molecule has 0 amide bonds. The van der Waals surface area contributed by atoms with Crippen molar-refractivity contribution in [1.29, 1.82) is 0 Å². The third-order valence-corrected chi connectivity index (χ3v) is 28.9. The molecule has 8 nitrogen and oxygen atoms in total. The van der Waals surface area contributed by atoms with Crippen LogP contribution in [0.2, 0.25) is 0 Å². The van der Waals surface area contributed by atoms with Gasteiger partial charge in [0.25, 0.3) is 0 Å². The van der Waals surface area contributed by atoms with E-state index in [4.69, 9.17) is 19.9 Å². The first-order valence-corrected chi connectivity index (χ1v) is 51.6. The molecule has 17 rings (SSSR count). The fourth-order valence-corrected chi connectivity index (χ4v) is 19.4. The Morgan fingerprint density at radius 3 is 0.510 bits per heavy atom. The molecular weight excluding hydrogens is 1730 g/mol. The van der Waals surface area contributed by atoms with Gasteiger partial charge in [0, 0.05) is 102 Å². The van der Waals surface area contributed by atoms with E-state index in [2.05, 4.69) is 530 Å². The minimum Gasteiger partial charge on any atom is -0.354 e. The number of nitrogens with zero attached hydrogens (tertiary/aromatic N) is 4. The number of nitrogens with one attached hydrogen (secondary N) is 4. The van der Waals surface area contributed by atoms with E-state index in [-0.39, 0.29) is 65.0 Å². The van der Waals surface area contributed by atoms with Gasteiger partial charge in [-0.25, -0.2) is 19.9 Å². The number of rotatable bonds is 7. The van der Waals surface area contributed by atoms with Crippen molar-refractivity contribution in [2.45, 2.75) is 314 Å². The highest BCUT2D eigenvalue weighted by molar-refractivity contribution is 6.02. The molecule has 7 aromatic carbocycles. The molecule has 4 aliphatic heterocycles. The Morgan fingerprint density at radius 2 is 0.336 bits per heavy atom. The average molecular weight is 1890 g/mol. The van der Waals surface area contributed by atoms with Crippen molar-refractivity contribution < 1.29 is 0 Å². The molecule has 0 atom stereocenters. The summed E-state index contributed by atoms with van der Waals surface area (Å²) < 4.78 is 0. The first-order valence-electron chi connectivity index (χ1n) is 51.6. The number of hydrogen-bond acceptors (Lipinski definition) is 4. The molecule has 730 valence electrons. The summed E-state index contributed by atoms with van der Waals surface area (Å²) in [5, 5.41) is 0. The second-order valence-corrected chi connectivity index (χ2v) is 53.0. The van der Waals surface area contributed by atoms with Gasteiger partial charge in [0.15, 0.2) is 5.92 Å². The lowest BCUT2D eigenvalue weighted by Gasteiger charge is -2.26. The lowest BCUT2D eigenvalue weighted by molar-refractivity contribution is 0.568. The Labute approximate surface area is 854 Å². The van der Waals surface area contributed by atoms with E-state index < -0.39 is 0 Å². The summed E-state index contributed by atoms with van der Waals surface area (Å²) in [6.07, 6.45) is 17.7. The van der Waals surface area contributed by atoms with Gasteiger partial charge in [0.05, 0.1) is 62.1 Å².